The van der Waals surface area contributed by atoms with E-state index in [0.29, 0.717) is 6.07 Å². The second-order valence-corrected chi connectivity index (χ2v) is 7.51. The lowest BCUT2D eigenvalue weighted by atomic mass is 10.0. The third kappa shape index (κ3) is 5.27. The summed E-state index contributed by atoms with van der Waals surface area (Å²) in [6.45, 7) is 5.14. The lowest BCUT2D eigenvalue weighted by Gasteiger charge is -2.19. The third-order valence-electron chi connectivity index (χ3n) is 2.36. The van der Waals surface area contributed by atoms with Gasteiger partial charge in [-0.25, -0.2) is 8.42 Å². The number of hydrogen-bond acceptors (Lipinski definition) is 3. The molecule has 0 amide bonds. The standard InChI is InChI=1S/C13H15F3N2O2S/c1-12(2,3)8-21(19,20)18-11-5-4-10(13(14,15)16)6-9(11)7-17/h4-6,18H,8H2,1-3H3. The molecular weight excluding hydrogens is 305 g/mol. The first-order chi connectivity index (χ1) is 9.34. The monoisotopic (exact) mass is 320 g/mol. The van der Waals surface area contributed by atoms with Crippen molar-refractivity contribution < 1.29 is 21.6 Å². The summed E-state index contributed by atoms with van der Waals surface area (Å²) < 4.78 is 63.6. The van der Waals surface area contributed by atoms with Gasteiger partial charge in [0, 0.05) is 0 Å². The van der Waals surface area contributed by atoms with Gasteiger partial charge in [0.25, 0.3) is 0 Å². The zero-order valence-corrected chi connectivity index (χ0v) is 12.6. The van der Waals surface area contributed by atoms with Gasteiger partial charge >= 0.3 is 6.18 Å². The summed E-state index contributed by atoms with van der Waals surface area (Å²) in [6.07, 6.45) is -4.59. The largest absolute Gasteiger partial charge is 0.416 e. The number of anilines is 1. The molecule has 0 atom stereocenters. The highest BCUT2D eigenvalue weighted by atomic mass is 32.2. The normalized spacial score (nSPS) is 12.8. The highest BCUT2D eigenvalue weighted by Crippen LogP contribution is 2.32. The minimum atomic E-state index is -4.59. The molecule has 0 heterocycles. The molecule has 8 heteroatoms. The number of alkyl halides is 3. The van der Waals surface area contributed by atoms with E-state index >= 15 is 0 Å². The molecule has 0 aliphatic heterocycles. The Labute approximate surface area is 121 Å². The second-order valence-electron chi connectivity index (χ2n) is 5.79. The molecule has 1 aromatic rings. The van der Waals surface area contributed by atoms with Crippen LogP contribution in [0.3, 0.4) is 0 Å². The zero-order valence-electron chi connectivity index (χ0n) is 11.7. The molecule has 0 bridgehead atoms. The molecule has 1 rings (SSSR count). The van der Waals surface area contributed by atoms with Gasteiger partial charge in [-0.2, -0.15) is 18.4 Å². The molecule has 0 aliphatic carbocycles. The van der Waals surface area contributed by atoms with Gasteiger partial charge in [-0.1, -0.05) is 20.8 Å². The molecule has 0 radical (unpaired) electrons. The van der Waals surface area contributed by atoms with Gasteiger partial charge in [0.2, 0.25) is 10.0 Å². The van der Waals surface area contributed by atoms with Gasteiger partial charge in [-0.3, -0.25) is 4.72 Å². The maximum absolute atomic E-state index is 12.5. The van der Waals surface area contributed by atoms with E-state index in [1.807, 2.05) is 0 Å². The molecule has 0 fully saturated rings. The van der Waals surface area contributed by atoms with Crippen LogP contribution >= 0.6 is 0 Å². The van der Waals surface area contributed by atoms with E-state index in [2.05, 4.69) is 4.72 Å². The van der Waals surface area contributed by atoms with Crippen molar-refractivity contribution in [3.8, 4) is 6.07 Å². The molecule has 0 saturated carbocycles. The van der Waals surface area contributed by atoms with Crippen LogP contribution in [0.1, 0.15) is 31.9 Å². The first-order valence-corrected chi connectivity index (χ1v) is 7.61. The van der Waals surface area contributed by atoms with Crippen molar-refractivity contribution in [2.45, 2.75) is 26.9 Å². The zero-order chi connectivity index (χ0) is 16.5. The van der Waals surface area contributed by atoms with Crippen LogP contribution in [-0.2, 0) is 16.2 Å². The average molecular weight is 320 g/mol. The van der Waals surface area contributed by atoms with Gasteiger partial charge in [0.15, 0.2) is 0 Å². The van der Waals surface area contributed by atoms with Gasteiger partial charge in [-0.15, -0.1) is 0 Å². The molecule has 0 aromatic heterocycles. The van der Waals surface area contributed by atoms with Crippen LogP contribution in [0.25, 0.3) is 0 Å². The average Bonchev–Trinajstić information content (AvgIpc) is 2.23. The Balaban J connectivity index is 3.14. The fourth-order valence-corrected chi connectivity index (χ4v) is 3.40. The number of hydrogen-bond donors (Lipinski definition) is 1. The van der Waals surface area contributed by atoms with Crippen LogP contribution in [0.2, 0.25) is 0 Å². The first kappa shape index (κ1) is 17.3. The Hall–Kier alpha value is -1.75. The van der Waals surface area contributed by atoms with Crippen molar-refractivity contribution in [3.63, 3.8) is 0 Å². The van der Waals surface area contributed by atoms with E-state index < -0.39 is 27.2 Å². The van der Waals surface area contributed by atoms with Gasteiger partial charge in [0.05, 0.1) is 22.6 Å². The maximum Gasteiger partial charge on any atom is 0.416 e. The Morgan fingerprint density at radius 3 is 2.24 bits per heavy atom. The predicted molar refractivity (Wildman–Crippen MR) is 73.0 cm³/mol. The third-order valence-corrected chi connectivity index (χ3v) is 4.13. The fourth-order valence-electron chi connectivity index (χ4n) is 1.68. The fraction of sp³-hybridized carbons (Fsp3) is 0.462. The lowest BCUT2D eigenvalue weighted by Crippen LogP contribution is -2.26. The van der Waals surface area contributed by atoms with Crippen LogP contribution in [0.5, 0.6) is 0 Å². The smallest absolute Gasteiger partial charge is 0.282 e. The van der Waals surface area contributed by atoms with Crippen LogP contribution in [0.15, 0.2) is 18.2 Å². The number of rotatable bonds is 3. The molecule has 1 N–H and O–H groups in total. The SMILES string of the molecule is CC(C)(C)CS(=O)(=O)Nc1ccc(C(F)(F)F)cc1C#N. The van der Waals surface area contributed by atoms with Crippen LogP contribution < -0.4 is 4.72 Å². The maximum atomic E-state index is 12.5. The van der Waals surface area contributed by atoms with Crippen LogP contribution in [0.4, 0.5) is 18.9 Å². The minimum absolute atomic E-state index is 0.158. The summed E-state index contributed by atoms with van der Waals surface area (Å²) in [5.74, 6) is -0.216. The summed E-state index contributed by atoms with van der Waals surface area (Å²) in [7, 11) is -3.76. The van der Waals surface area contributed by atoms with Crippen molar-refractivity contribution in [1.29, 1.82) is 5.26 Å². The molecule has 0 aliphatic rings. The summed E-state index contributed by atoms with van der Waals surface area (Å²) in [5, 5.41) is 8.89. The molecule has 1 aromatic carbocycles. The number of nitrogens with zero attached hydrogens (tertiary/aromatic N) is 1. The predicted octanol–water partition coefficient (Wildman–Crippen LogP) is 3.36. The van der Waals surface area contributed by atoms with E-state index in [-0.39, 0.29) is 17.0 Å². The van der Waals surface area contributed by atoms with Crippen molar-refractivity contribution in [1.82, 2.24) is 0 Å². The molecule has 0 spiro atoms. The van der Waals surface area contributed by atoms with Crippen LogP contribution in [0, 0.1) is 16.7 Å². The molecule has 0 saturated heterocycles. The van der Waals surface area contributed by atoms with Crippen molar-refractivity contribution >= 4 is 15.7 Å². The van der Waals surface area contributed by atoms with Crippen molar-refractivity contribution in [2.75, 3.05) is 10.5 Å². The molecule has 0 unspecified atom stereocenters. The molecular formula is C13H15F3N2O2S. The lowest BCUT2D eigenvalue weighted by molar-refractivity contribution is -0.137. The molecule has 21 heavy (non-hydrogen) atoms. The number of halogens is 3. The summed E-state index contributed by atoms with van der Waals surface area (Å²) in [6, 6.07) is 3.86. The Bertz CT molecular complexity index is 668. The minimum Gasteiger partial charge on any atom is -0.282 e. The number of nitrogens with one attached hydrogen (secondary N) is 1. The van der Waals surface area contributed by atoms with Crippen molar-refractivity contribution in [3.05, 3.63) is 29.3 Å². The number of benzene rings is 1. The van der Waals surface area contributed by atoms with E-state index in [1.165, 1.54) is 0 Å². The second kappa shape index (κ2) is 5.56. The van der Waals surface area contributed by atoms with Crippen molar-refractivity contribution in [2.24, 2.45) is 5.41 Å². The Morgan fingerprint density at radius 2 is 1.81 bits per heavy atom. The number of nitriles is 1. The topological polar surface area (TPSA) is 70.0 Å². The summed E-state index contributed by atoms with van der Waals surface area (Å²) in [4.78, 5) is 0. The van der Waals surface area contributed by atoms with E-state index in [1.54, 1.807) is 26.8 Å². The van der Waals surface area contributed by atoms with Gasteiger partial charge in [0.1, 0.15) is 6.07 Å². The quantitative estimate of drug-likeness (QED) is 0.928. The Morgan fingerprint density at radius 1 is 1.24 bits per heavy atom. The number of sulfonamides is 1. The highest BCUT2D eigenvalue weighted by Gasteiger charge is 2.31. The molecule has 4 nitrogen and oxygen atoms in total. The molecule has 116 valence electrons. The van der Waals surface area contributed by atoms with Gasteiger partial charge < -0.3 is 0 Å². The Kier molecular flexibility index (Phi) is 4.58. The highest BCUT2D eigenvalue weighted by molar-refractivity contribution is 7.92. The van der Waals surface area contributed by atoms with E-state index in [4.69, 9.17) is 5.26 Å². The van der Waals surface area contributed by atoms with E-state index in [0.717, 1.165) is 12.1 Å². The summed E-state index contributed by atoms with van der Waals surface area (Å²) in [5.41, 5.74) is -2.06. The van der Waals surface area contributed by atoms with Crippen LogP contribution in [-0.4, -0.2) is 14.2 Å². The van der Waals surface area contributed by atoms with E-state index in [9.17, 15) is 21.6 Å². The van der Waals surface area contributed by atoms with Gasteiger partial charge in [-0.05, 0) is 23.6 Å². The first-order valence-electron chi connectivity index (χ1n) is 5.96. The summed E-state index contributed by atoms with van der Waals surface area (Å²) >= 11 is 0.